The van der Waals surface area contributed by atoms with Crippen LogP contribution in [-0.2, 0) is 0 Å². The maximum absolute atomic E-state index is 4.59. The van der Waals surface area contributed by atoms with Crippen LogP contribution < -0.4 is 0 Å². The smallest absolute Gasteiger partial charge is 0.0276 e. The molecular formula is C30H47N. The third-order valence-electron chi connectivity index (χ3n) is 8.46. The fourth-order valence-corrected chi connectivity index (χ4v) is 6.57. The first-order valence-electron chi connectivity index (χ1n) is 12.9. The van der Waals surface area contributed by atoms with Crippen molar-refractivity contribution in [3.63, 3.8) is 0 Å². The normalized spacial score (nSPS) is 31.2. The van der Waals surface area contributed by atoms with Gasteiger partial charge in [0, 0.05) is 12.8 Å². The van der Waals surface area contributed by atoms with E-state index in [0.717, 1.165) is 12.3 Å². The Balaban J connectivity index is 1.65. The minimum atomic E-state index is 0.197. The lowest BCUT2D eigenvalue weighted by Crippen LogP contribution is -2.32. The van der Waals surface area contributed by atoms with Gasteiger partial charge in [0.1, 0.15) is 0 Å². The Hall–Kier alpha value is -1.37. The average molecular weight is 422 g/mol. The minimum absolute atomic E-state index is 0.197. The van der Waals surface area contributed by atoms with Crippen LogP contribution in [0.25, 0.3) is 0 Å². The Kier molecular flexibility index (Phi) is 7.87. The van der Waals surface area contributed by atoms with Gasteiger partial charge in [0.25, 0.3) is 0 Å². The molecule has 3 aliphatic rings. The standard InChI is InChI=1S/C30H47N/c1-22-12-8-9-14-24(22)17-18-25-15-11-21-30(6)26(19-20-27(25)30)23(2)13-10-16-28(31-7)29(3,4)5/h17-19,23,27H,1,8-16,20-21H2,2-7H3/b24-17-,25-18+,31-28?/t23-,27?,30?/m1/s1. The molecule has 0 aliphatic heterocycles. The minimum Gasteiger partial charge on any atom is -0.297 e. The number of fused-ring (bicyclic) bond motifs is 1. The highest BCUT2D eigenvalue weighted by atomic mass is 14.7. The summed E-state index contributed by atoms with van der Waals surface area (Å²) in [5.74, 6) is 1.40. The fraction of sp³-hybridized carbons (Fsp3) is 0.700. The largest absolute Gasteiger partial charge is 0.297 e. The van der Waals surface area contributed by atoms with Crippen LogP contribution in [0.15, 0.2) is 52.1 Å². The molecule has 3 atom stereocenters. The summed E-state index contributed by atoms with van der Waals surface area (Å²) in [5, 5.41) is 0. The molecule has 0 aromatic rings. The van der Waals surface area contributed by atoms with Gasteiger partial charge < -0.3 is 0 Å². The predicted octanol–water partition coefficient (Wildman–Crippen LogP) is 9.03. The molecule has 2 unspecified atom stereocenters. The molecule has 0 heterocycles. The molecule has 0 radical (unpaired) electrons. The topological polar surface area (TPSA) is 12.4 Å². The van der Waals surface area contributed by atoms with E-state index in [2.05, 4.69) is 64.4 Å². The van der Waals surface area contributed by atoms with E-state index in [1.54, 1.807) is 11.1 Å². The summed E-state index contributed by atoms with van der Waals surface area (Å²) in [6.07, 6.45) is 21.5. The van der Waals surface area contributed by atoms with Gasteiger partial charge in [-0.05, 0) is 98.9 Å². The highest BCUT2D eigenvalue weighted by molar-refractivity contribution is 5.89. The Bertz CT molecular complexity index is 782. The molecule has 0 aromatic heterocycles. The lowest BCUT2D eigenvalue weighted by Gasteiger charge is -2.42. The first-order chi connectivity index (χ1) is 14.7. The van der Waals surface area contributed by atoms with Crippen LogP contribution in [0.2, 0.25) is 0 Å². The average Bonchev–Trinajstić information content (AvgIpc) is 3.07. The van der Waals surface area contributed by atoms with Crippen molar-refractivity contribution >= 4 is 5.71 Å². The van der Waals surface area contributed by atoms with E-state index in [4.69, 9.17) is 0 Å². The maximum atomic E-state index is 4.59. The Morgan fingerprint density at radius 1 is 1.19 bits per heavy atom. The second-order valence-corrected chi connectivity index (χ2v) is 11.7. The Morgan fingerprint density at radius 3 is 2.61 bits per heavy atom. The van der Waals surface area contributed by atoms with Crippen LogP contribution in [0.4, 0.5) is 0 Å². The van der Waals surface area contributed by atoms with Gasteiger partial charge in [0.2, 0.25) is 0 Å². The van der Waals surface area contributed by atoms with Gasteiger partial charge in [0.05, 0.1) is 0 Å². The monoisotopic (exact) mass is 421 g/mol. The molecule has 0 amide bonds. The Morgan fingerprint density at radius 2 is 1.94 bits per heavy atom. The van der Waals surface area contributed by atoms with E-state index in [1.807, 2.05) is 7.05 Å². The molecule has 31 heavy (non-hydrogen) atoms. The first kappa shape index (κ1) is 24.3. The summed E-state index contributed by atoms with van der Waals surface area (Å²) in [7, 11) is 1.96. The third-order valence-corrected chi connectivity index (χ3v) is 8.46. The van der Waals surface area contributed by atoms with Crippen LogP contribution in [0.1, 0.15) is 105 Å². The number of aliphatic imine (C=N–C) groups is 1. The number of hydrogen-bond acceptors (Lipinski definition) is 1. The first-order valence-corrected chi connectivity index (χ1v) is 12.9. The summed E-state index contributed by atoms with van der Waals surface area (Å²) in [6.45, 7) is 16.2. The van der Waals surface area contributed by atoms with Crippen molar-refractivity contribution in [2.24, 2.45) is 27.7 Å². The van der Waals surface area contributed by atoms with E-state index in [1.165, 1.54) is 81.1 Å². The zero-order valence-electron chi connectivity index (χ0n) is 21.3. The number of hydrogen-bond donors (Lipinski definition) is 0. The molecule has 3 aliphatic carbocycles. The van der Waals surface area contributed by atoms with Gasteiger partial charge in [-0.1, -0.05) is 76.1 Å². The van der Waals surface area contributed by atoms with Gasteiger partial charge in [0.15, 0.2) is 0 Å². The fourth-order valence-electron chi connectivity index (χ4n) is 6.57. The van der Waals surface area contributed by atoms with Gasteiger partial charge in [-0.25, -0.2) is 0 Å². The highest BCUT2D eigenvalue weighted by Crippen LogP contribution is 2.57. The third kappa shape index (κ3) is 5.52. The summed E-state index contributed by atoms with van der Waals surface area (Å²) < 4.78 is 0. The second kappa shape index (κ2) is 10.1. The van der Waals surface area contributed by atoms with Crippen molar-refractivity contribution < 1.29 is 0 Å². The van der Waals surface area contributed by atoms with Gasteiger partial charge in [-0.2, -0.15) is 0 Å². The van der Waals surface area contributed by atoms with Gasteiger partial charge >= 0.3 is 0 Å². The number of rotatable bonds is 6. The van der Waals surface area contributed by atoms with Crippen molar-refractivity contribution in [2.75, 3.05) is 7.05 Å². The van der Waals surface area contributed by atoms with Crippen LogP contribution in [0.5, 0.6) is 0 Å². The summed E-state index contributed by atoms with van der Waals surface area (Å²) in [4.78, 5) is 4.59. The zero-order valence-corrected chi connectivity index (χ0v) is 21.3. The molecule has 2 saturated carbocycles. The van der Waals surface area contributed by atoms with E-state index >= 15 is 0 Å². The lowest BCUT2D eigenvalue weighted by molar-refractivity contribution is 0.216. The summed E-state index contributed by atoms with van der Waals surface area (Å²) >= 11 is 0. The lowest BCUT2D eigenvalue weighted by atomic mass is 9.62. The molecule has 2 fully saturated rings. The molecule has 0 bridgehead atoms. The van der Waals surface area contributed by atoms with Crippen molar-refractivity contribution in [3.8, 4) is 0 Å². The van der Waals surface area contributed by atoms with Gasteiger partial charge in [-0.15, -0.1) is 0 Å². The van der Waals surface area contributed by atoms with E-state index in [-0.39, 0.29) is 5.41 Å². The van der Waals surface area contributed by atoms with Crippen LogP contribution in [-0.4, -0.2) is 12.8 Å². The SMILES string of the molecule is C=C1CCCC/C1=C/C=C1\CCCC2(C)C([C@H](C)CCCC(=NC)C(C)(C)C)=CCC12. The Labute approximate surface area is 192 Å². The summed E-state index contributed by atoms with van der Waals surface area (Å²) in [6, 6.07) is 0. The van der Waals surface area contributed by atoms with Gasteiger partial charge in [-0.3, -0.25) is 4.99 Å². The molecular weight excluding hydrogens is 374 g/mol. The molecule has 0 spiro atoms. The quantitative estimate of drug-likeness (QED) is 0.299. The molecule has 172 valence electrons. The molecule has 1 heteroatoms. The van der Waals surface area contributed by atoms with E-state index in [0.29, 0.717) is 11.3 Å². The maximum Gasteiger partial charge on any atom is 0.0276 e. The van der Waals surface area contributed by atoms with Crippen LogP contribution in [0, 0.1) is 22.7 Å². The van der Waals surface area contributed by atoms with Crippen molar-refractivity contribution in [1.29, 1.82) is 0 Å². The number of allylic oxidation sites excluding steroid dienone is 7. The molecule has 0 aromatic carbocycles. The highest BCUT2D eigenvalue weighted by Gasteiger charge is 2.45. The van der Waals surface area contributed by atoms with E-state index in [9.17, 15) is 0 Å². The number of nitrogens with zero attached hydrogens (tertiary/aromatic N) is 1. The summed E-state index contributed by atoms with van der Waals surface area (Å²) in [5.41, 5.74) is 8.28. The van der Waals surface area contributed by atoms with Crippen molar-refractivity contribution in [1.82, 2.24) is 0 Å². The van der Waals surface area contributed by atoms with Crippen LogP contribution in [0.3, 0.4) is 0 Å². The molecule has 0 N–H and O–H groups in total. The molecule has 3 rings (SSSR count). The second-order valence-electron chi connectivity index (χ2n) is 11.7. The van der Waals surface area contributed by atoms with Crippen molar-refractivity contribution in [2.45, 2.75) is 105 Å². The zero-order chi connectivity index (χ0) is 22.6. The molecule has 1 nitrogen and oxygen atoms in total. The van der Waals surface area contributed by atoms with Crippen LogP contribution >= 0.6 is 0 Å². The molecule has 0 saturated heterocycles. The van der Waals surface area contributed by atoms with Crippen molar-refractivity contribution in [3.05, 3.63) is 47.1 Å². The van der Waals surface area contributed by atoms with E-state index < -0.39 is 0 Å². The predicted molar refractivity (Wildman–Crippen MR) is 138 cm³/mol.